The Hall–Kier alpha value is -2.51. The maximum atomic E-state index is 12.3. The number of rotatable bonds is 8. The minimum atomic E-state index is -0.371. The average Bonchev–Trinajstić information content (AvgIpc) is 2.71. The van der Waals surface area contributed by atoms with Crippen molar-refractivity contribution < 1.29 is 4.79 Å². The van der Waals surface area contributed by atoms with Crippen molar-refractivity contribution in [2.45, 2.75) is 34.5 Å². The van der Waals surface area contributed by atoms with Gasteiger partial charge in [0.25, 0.3) is 5.56 Å². The Morgan fingerprint density at radius 1 is 1.11 bits per heavy atom. The van der Waals surface area contributed by atoms with E-state index >= 15 is 0 Å². The van der Waals surface area contributed by atoms with Crippen LogP contribution >= 0.6 is 23.5 Å². The summed E-state index contributed by atoms with van der Waals surface area (Å²) in [5.41, 5.74) is 1.52. The highest BCUT2D eigenvalue weighted by Gasteiger charge is 2.16. The van der Waals surface area contributed by atoms with Crippen molar-refractivity contribution in [3.05, 3.63) is 88.3 Å². The second-order valence-corrected chi connectivity index (χ2v) is 8.49. The van der Waals surface area contributed by atoms with E-state index < -0.39 is 0 Å². The fourth-order valence-electron chi connectivity index (χ4n) is 2.44. The Bertz CT molecular complexity index is 962. The van der Waals surface area contributed by atoms with E-state index in [1.807, 2.05) is 60.7 Å². The molecule has 1 heterocycles. The molecule has 2 N–H and O–H groups in total. The summed E-state index contributed by atoms with van der Waals surface area (Å²) in [5, 5.41) is 3.00. The lowest BCUT2D eigenvalue weighted by Crippen LogP contribution is -2.30. The molecule has 0 spiro atoms. The van der Waals surface area contributed by atoms with Crippen molar-refractivity contribution in [1.29, 1.82) is 0 Å². The van der Waals surface area contributed by atoms with E-state index in [-0.39, 0.29) is 16.7 Å². The van der Waals surface area contributed by atoms with Crippen LogP contribution in [0.3, 0.4) is 0 Å². The van der Waals surface area contributed by atoms with Gasteiger partial charge in [-0.15, -0.1) is 11.8 Å². The van der Waals surface area contributed by atoms with E-state index in [1.54, 1.807) is 18.7 Å². The van der Waals surface area contributed by atoms with E-state index in [0.717, 1.165) is 10.5 Å². The molecule has 5 nitrogen and oxygen atoms in total. The van der Waals surface area contributed by atoms with Gasteiger partial charge in [0.15, 0.2) is 5.16 Å². The first-order valence-corrected chi connectivity index (χ1v) is 10.7. The van der Waals surface area contributed by atoms with Crippen molar-refractivity contribution >= 4 is 29.4 Å². The molecule has 0 aliphatic carbocycles. The first-order valence-electron chi connectivity index (χ1n) is 8.86. The number of benzene rings is 2. The van der Waals surface area contributed by atoms with Crippen LogP contribution in [0.15, 0.2) is 81.6 Å². The van der Waals surface area contributed by atoms with E-state index in [0.29, 0.717) is 23.1 Å². The maximum Gasteiger partial charge on any atom is 0.251 e. The van der Waals surface area contributed by atoms with Gasteiger partial charge in [0.2, 0.25) is 5.91 Å². The smallest absolute Gasteiger partial charge is 0.251 e. The van der Waals surface area contributed by atoms with Crippen LogP contribution in [0.4, 0.5) is 0 Å². The molecule has 2 aromatic carbocycles. The lowest BCUT2D eigenvalue weighted by Gasteiger charge is -2.12. The van der Waals surface area contributed by atoms with Gasteiger partial charge < -0.3 is 10.3 Å². The molecule has 1 atom stereocenters. The Balaban J connectivity index is 1.57. The summed E-state index contributed by atoms with van der Waals surface area (Å²) < 4.78 is 0. The lowest BCUT2D eigenvalue weighted by atomic mass is 10.2. The number of aromatic nitrogens is 2. The number of aromatic amines is 1. The number of carbonyl (C=O) groups excluding carboxylic acids is 1. The van der Waals surface area contributed by atoms with Crippen LogP contribution < -0.4 is 10.9 Å². The fraction of sp³-hybridized carbons (Fsp3) is 0.190. The highest BCUT2D eigenvalue weighted by Crippen LogP contribution is 2.23. The highest BCUT2D eigenvalue weighted by atomic mass is 32.2. The van der Waals surface area contributed by atoms with Crippen LogP contribution in [-0.4, -0.2) is 21.1 Å². The number of H-pyrrole nitrogens is 1. The molecule has 1 unspecified atom stereocenters. The second-order valence-electron chi connectivity index (χ2n) is 6.11. The number of hydrogen-bond donors (Lipinski definition) is 2. The Kier molecular flexibility index (Phi) is 7.33. The Morgan fingerprint density at radius 2 is 1.79 bits per heavy atom. The summed E-state index contributed by atoms with van der Waals surface area (Å²) in [5.74, 6) is 0.497. The molecular weight excluding hydrogens is 390 g/mol. The zero-order valence-corrected chi connectivity index (χ0v) is 17.1. The SMILES string of the molecule is CC(Sc1nc(CSc2ccccc2)cc(=O)[nH]1)C(=O)NCc1ccccc1. The molecular formula is C21H21N3O2S2. The number of nitrogens with one attached hydrogen (secondary N) is 2. The molecule has 3 rings (SSSR count). The van der Waals surface area contributed by atoms with Gasteiger partial charge >= 0.3 is 0 Å². The summed E-state index contributed by atoms with van der Waals surface area (Å²) in [6.07, 6.45) is 0. The summed E-state index contributed by atoms with van der Waals surface area (Å²) in [7, 11) is 0. The molecule has 0 aliphatic heterocycles. The lowest BCUT2D eigenvalue weighted by molar-refractivity contribution is -0.120. The zero-order valence-electron chi connectivity index (χ0n) is 15.4. The number of thioether (sulfide) groups is 2. The highest BCUT2D eigenvalue weighted by molar-refractivity contribution is 8.00. The molecule has 144 valence electrons. The fourth-order valence-corrected chi connectivity index (χ4v) is 4.10. The van der Waals surface area contributed by atoms with Crippen LogP contribution in [0.5, 0.6) is 0 Å². The number of amides is 1. The van der Waals surface area contributed by atoms with Crippen LogP contribution in [0.2, 0.25) is 0 Å². The third kappa shape index (κ3) is 6.28. The molecule has 0 saturated heterocycles. The van der Waals surface area contributed by atoms with Crippen molar-refractivity contribution in [3.63, 3.8) is 0 Å². The topological polar surface area (TPSA) is 74.8 Å². The number of nitrogens with zero attached hydrogens (tertiary/aromatic N) is 1. The third-order valence-electron chi connectivity index (χ3n) is 3.87. The quantitative estimate of drug-likeness (QED) is 0.435. The first kappa shape index (κ1) is 20.2. The van der Waals surface area contributed by atoms with Gasteiger partial charge in [-0.05, 0) is 24.6 Å². The molecule has 0 aliphatic rings. The van der Waals surface area contributed by atoms with Gasteiger partial charge in [0, 0.05) is 23.3 Å². The molecule has 28 heavy (non-hydrogen) atoms. The van der Waals surface area contributed by atoms with Crippen molar-refractivity contribution in [3.8, 4) is 0 Å². The van der Waals surface area contributed by atoms with Crippen LogP contribution in [0, 0.1) is 0 Å². The van der Waals surface area contributed by atoms with E-state index in [2.05, 4.69) is 15.3 Å². The van der Waals surface area contributed by atoms with E-state index in [1.165, 1.54) is 17.8 Å². The Morgan fingerprint density at radius 3 is 2.50 bits per heavy atom. The molecule has 0 fully saturated rings. The summed E-state index contributed by atoms with van der Waals surface area (Å²) in [6, 6.07) is 21.2. The molecule has 0 bridgehead atoms. The normalized spacial score (nSPS) is 11.8. The monoisotopic (exact) mass is 411 g/mol. The van der Waals surface area contributed by atoms with Gasteiger partial charge in [-0.2, -0.15) is 0 Å². The van der Waals surface area contributed by atoms with Gasteiger partial charge in [0.05, 0.1) is 10.9 Å². The average molecular weight is 412 g/mol. The van der Waals surface area contributed by atoms with Crippen molar-refractivity contribution in [2.24, 2.45) is 0 Å². The van der Waals surface area contributed by atoms with Crippen LogP contribution in [0.1, 0.15) is 18.2 Å². The Labute approximate surface area is 172 Å². The summed E-state index contributed by atoms with van der Waals surface area (Å²) in [4.78, 5) is 32.6. The van der Waals surface area contributed by atoms with Crippen LogP contribution in [0.25, 0.3) is 0 Å². The van der Waals surface area contributed by atoms with Gasteiger partial charge in [-0.25, -0.2) is 4.98 Å². The number of carbonyl (C=O) groups is 1. The summed E-state index contributed by atoms with van der Waals surface area (Å²) >= 11 is 2.87. The zero-order chi connectivity index (χ0) is 19.8. The number of hydrogen-bond acceptors (Lipinski definition) is 5. The van der Waals surface area contributed by atoms with Crippen molar-refractivity contribution in [2.75, 3.05) is 0 Å². The van der Waals surface area contributed by atoms with Gasteiger partial charge in [0.1, 0.15) is 0 Å². The molecule has 0 radical (unpaired) electrons. The molecule has 3 aromatic rings. The van der Waals surface area contributed by atoms with Crippen LogP contribution in [-0.2, 0) is 17.1 Å². The third-order valence-corrected chi connectivity index (χ3v) is 5.90. The maximum absolute atomic E-state index is 12.3. The molecule has 1 amide bonds. The minimum absolute atomic E-state index is 0.0967. The second kappa shape index (κ2) is 10.1. The standard InChI is InChI=1S/C21H21N3O2S2/c1-15(20(26)22-13-16-8-4-2-5-9-16)28-21-23-17(12-19(25)24-21)14-27-18-10-6-3-7-11-18/h2-12,15H,13-14H2,1H3,(H,22,26)(H,23,24,25). The summed E-state index contributed by atoms with van der Waals surface area (Å²) in [6.45, 7) is 2.28. The predicted octanol–water partition coefficient (Wildman–Crippen LogP) is 3.86. The predicted molar refractivity (Wildman–Crippen MR) is 114 cm³/mol. The van der Waals surface area contributed by atoms with E-state index in [9.17, 15) is 9.59 Å². The van der Waals surface area contributed by atoms with E-state index in [4.69, 9.17) is 0 Å². The minimum Gasteiger partial charge on any atom is -0.351 e. The van der Waals surface area contributed by atoms with Crippen molar-refractivity contribution in [1.82, 2.24) is 15.3 Å². The first-order chi connectivity index (χ1) is 13.6. The largest absolute Gasteiger partial charge is 0.351 e. The van der Waals surface area contributed by atoms with Gasteiger partial charge in [-0.1, -0.05) is 60.3 Å². The molecule has 0 saturated carbocycles. The molecule has 7 heteroatoms. The van der Waals surface area contributed by atoms with Gasteiger partial charge in [-0.3, -0.25) is 9.59 Å². The molecule has 1 aromatic heterocycles.